The van der Waals surface area contributed by atoms with E-state index >= 15 is 0 Å². The van der Waals surface area contributed by atoms with E-state index in [9.17, 15) is 9.59 Å². The molecule has 2 heterocycles. The van der Waals surface area contributed by atoms with E-state index in [1.165, 1.54) is 0 Å². The first-order valence-corrected chi connectivity index (χ1v) is 11.0. The number of nitrogens with one attached hydrogen (secondary N) is 4. The van der Waals surface area contributed by atoms with Gasteiger partial charge in [-0.1, -0.05) is 30.3 Å². The van der Waals surface area contributed by atoms with Gasteiger partial charge < -0.3 is 25.3 Å². The fourth-order valence-corrected chi connectivity index (χ4v) is 4.22. The van der Waals surface area contributed by atoms with E-state index in [1.807, 2.05) is 79.1 Å². The van der Waals surface area contributed by atoms with E-state index in [-0.39, 0.29) is 12.5 Å². The maximum atomic E-state index is 12.7. The number of aromatic nitrogens is 2. The summed E-state index contributed by atoms with van der Waals surface area (Å²) in [6.45, 7) is 0.261. The van der Waals surface area contributed by atoms with Gasteiger partial charge in [-0.25, -0.2) is 0 Å². The second kappa shape index (κ2) is 9.15. The van der Waals surface area contributed by atoms with Gasteiger partial charge >= 0.3 is 11.8 Å². The molecule has 0 aliphatic heterocycles. The highest BCUT2D eigenvalue weighted by Gasteiger charge is 2.21. The monoisotopic (exact) mass is 452 g/mol. The summed E-state index contributed by atoms with van der Waals surface area (Å²) in [7, 11) is 1.62. The Hall–Kier alpha value is -4.52. The number of hydrogen-bond acceptors (Lipinski definition) is 3. The summed E-state index contributed by atoms with van der Waals surface area (Å²) in [5.74, 6) is -0.797. The van der Waals surface area contributed by atoms with E-state index in [2.05, 4.69) is 20.6 Å². The van der Waals surface area contributed by atoms with Crippen LogP contribution in [-0.4, -0.2) is 35.4 Å². The molecule has 0 saturated carbocycles. The largest absolute Gasteiger partial charge is 0.497 e. The van der Waals surface area contributed by atoms with Crippen molar-refractivity contribution in [1.29, 1.82) is 0 Å². The molecule has 0 bridgehead atoms. The first kappa shape index (κ1) is 21.3. The number of benzene rings is 3. The molecule has 2 amide bonds. The average Bonchev–Trinajstić information content (AvgIpc) is 3.51. The van der Waals surface area contributed by atoms with Gasteiger partial charge in [-0.3, -0.25) is 9.59 Å². The van der Waals surface area contributed by atoms with Gasteiger partial charge in [-0.15, -0.1) is 0 Å². The van der Waals surface area contributed by atoms with E-state index in [1.54, 1.807) is 13.2 Å². The molecule has 3 aromatic carbocycles. The van der Waals surface area contributed by atoms with Crippen LogP contribution >= 0.6 is 0 Å². The second-order valence-electron chi connectivity index (χ2n) is 8.06. The molecule has 5 aromatic rings. The minimum Gasteiger partial charge on any atom is -0.497 e. The molecule has 4 N–H and O–H groups in total. The predicted octanol–water partition coefficient (Wildman–Crippen LogP) is 4.54. The van der Waals surface area contributed by atoms with Crippen molar-refractivity contribution in [3.63, 3.8) is 0 Å². The number of H-pyrrole nitrogens is 2. The van der Waals surface area contributed by atoms with Crippen molar-refractivity contribution in [1.82, 2.24) is 15.3 Å². The van der Waals surface area contributed by atoms with Crippen molar-refractivity contribution in [2.45, 2.75) is 5.92 Å². The van der Waals surface area contributed by atoms with Crippen molar-refractivity contribution in [2.75, 3.05) is 19.0 Å². The minimum absolute atomic E-state index is 0.157. The molecule has 1 atom stereocenters. The quantitative estimate of drug-likeness (QED) is 0.285. The van der Waals surface area contributed by atoms with E-state index in [0.29, 0.717) is 5.69 Å². The molecular weight excluding hydrogens is 428 g/mol. The molecule has 0 radical (unpaired) electrons. The lowest BCUT2D eigenvalue weighted by Gasteiger charge is -2.18. The third-order valence-corrected chi connectivity index (χ3v) is 6.00. The molecule has 0 aliphatic carbocycles. The lowest BCUT2D eigenvalue weighted by molar-refractivity contribution is -0.136. The number of hydrogen-bond donors (Lipinski definition) is 4. The second-order valence-corrected chi connectivity index (χ2v) is 8.06. The fourth-order valence-electron chi connectivity index (χ4n) is 4.22. The Morgan fingerprint density at radius 3 is 2.56 bits per heavy atom. The van der Waals surface area contributed by atoms with Crippen molar-refractivity contribution in [3.05, 3.63) is 96.3 Å². The van der Waals surface area contributed by atoms with Crippen LogP contribution in [0.5, 0.6) is 5.75 Å². The van der Waals surface area contributed by atoms with Crippen LogP contribution in [0.2, 0.25) is 0 Å². The molecular formula is C27H24N4O3. The van der Waals surface area contributed by atoms with Crippen LogP contribution in [-0.2, 0) is 9.59 Å². The highest BCUT2D eigenvalue weighted by Crippen LogP contribution is 2.31. The summed E-state index contributed by atoms with van der Waals surface area (Å²) in [5.41, 5.74) is 4.59. The Kier molecular flexibility index (Phi) is 5.74. The summed E-state index contributed by atoms with van der Waals surface area (Å²) in [4.78, 5) is 31.6. The number of carbonyl (C=O) groups is 2. The number of ether oxygens (including phenoxy) is 1. The Morgan fingerprint density at radius 2 is 1.74 bits per heavy atom. The Morgan fingerprint density at radius 1 is 0.912 bits per heavy atom. The topological polar surface area (TPSA) is 99.0 Å². The Balaban J connectivity index is 1.35. The molecule has 2 aromatic heterocycles. The third kappa shape index (κ3) is 4.23. The highest BCUT2D eigenvalue weighted by atomic mass is 16.5. The van der Waals surface area contributed by atoms with Crippen molar-refractivity contribution in [3.8, 4) is 5.75 Å². The van der Waals surface area contributed by atoms with Gasteiger partial charge in [0.1, 0.15) is 5.75 Å². The zero-order chi connectivity index (χ0) is 23.5. The van der Waals surface area contributed by atoms with Crippen LogP contribution in [0.4, 0.5) is 5.69 Å². The molecule has 170 valence electrons. The van der Waals surface area contributed by atoms with Crippen molar-refractivity contribution < 1.29 is 14.3 Å². The molecule has 7 heteroatoms. The summed E-state index contributed by atoms with van der Waals surface area (Å²) >= 11 is 0. The number of anilines is 1. The van der Waals surface area contributed by atoms with Crippen LogP contribution in [0.3, 0.4) is 0 Å². The van der Waals surface area contributed by atoms with Crippen LogP contribution in [0.15, 0.2) is 85.2 Å². The SMILES string of the molecule is COc1ccc(C(CNC(=O)C(=O)Nc2ccc3[nH]ccc3c2)c2c[nH]c3ccccc23)cc1. The maximum absolute atomic E-state index is 12.7. The molecule has 0 spiro atoms. The van der Waals surface area contributed by atoms with Gasteiger partial charge in [0.05, 0.1) is 7.11 Å². The number of amides is 2. The summed E-state index contributed by atoms with van der Waals surface area (Å²) in [6, 6.07) is 23.1. The highest BCUT2D eigenvalue weighted by molar-refractivity contribution is 6.39. The first-order valence-electron chi connectivity index (χ1n) is 11.0. The Labute approximate surface area is 196 Å². The van der Waals surface area contributed by atoms with Crippen molar-refractivity contribution in [2.24, 2.45) is 0 Å². The summed E-state index contributed by atoms with van der Waals surface area (Å²) in [6.07, 6.45) is 3.78. The molecule has 34 heavy (non-hydrogen) atoms. The van der Waals surface area contributed by atoms with E-state index in [4.69, 9.17) is 4.74 Å². The Bertz CT molecular complexity index is 1470. The molecule has 0 aliphatic rings. The third-order valence-electron chi connectivity index (χ3n) is 6.00. The van der Waals surface area contributed by atoms with Crippen LogP contribution in [0.25, 0.3) is 21.8 Å². The molecule has 0 fully saturated rings. The number of para-hydroxylation sites is 1. The number of fused-ring (bicyclic) bond motifs is 2. The van der Waals surface area contributed by atoms with Gasteiger partial charge in [0.25, 0.3) is 0 Å². The predicted molar refractivity (Wildman–Crippen MR) is 133 cm³/mol. The van der Waals surface area contributed by atoms with Gasteiger partial charge in [-0.05, 0) is 53.6 Å². The molecule has 0 saturated heterocycles. The number of methoxy groups -OCH3 is 1. The van der Waals surface area contributed by atoms with Gasteiger partial charge in [0.2, 0.25) is 0 Å². The maximum Gasteiger partial charge on any atom is 0.313 e. The molecule has 7 nitrogen and oxygen atoms in total. The minimum atomic E-state index is -0.706. The summed E-state index contributed by atoms with van der Waals surface area (Å²) < 4.78 is 5.29. The molecule has 1 unspecified atom stereocenters. The van der Waals surface area contributed by atoms with Gasteiger partial charge in [0, 0.05) is 52.3 Å². The van der Waals surface area contributed by atoms with Crippen LogP contribution in [0.1, 0.15) is 17.0 Å². The zero-order valence-corrected chi connectivity index (χ0v) is 18.6. The lowest BCUT2D eigenvalue weighted by Crippen LogP contribution is -2.37. The normalized spacial score (nSPS) is 11.9. The first-order chi connectivity index (χ1) is 16.6. The number of carbonyl (C=O) groups excluding carboxylic acids is 2. The molecule has 5 rings (SSSR count). The van der Waals surface area contributed by atoms with Gasteiger partial charge in [0.15, 0.2) is 0 Å². The number of aromatic amines is 2. The van der Waals surface area contributed by atoms with Crippen molar-refractivity contribution >= 4 is 39.3 Å². The zero-order valence-electron chi connectivity index (χ0n) is 18.6. The van der Waals surface area contributed by atoms with E-state index in [0.717, 1.165) is 38.7 Å². The van der Waals surface area contributed by atoms with Crippen LogP contribution in [0, 0.1) is 0 Å². The standard InChI is InChI=1S/C27H24N4O3/c1-34-20-9-6-17(7-10-20)22(23-16-29-25-5-3-2-4-21(23)25)15-30-26(32)27(33)31-19-8-11-24-18(14-19)12-13-28-24/h2-14,16,22,28-29H,15H2,1H3,(H,30,32)(H,31,33). The van der Waals surface area contributed by atoms with Crippen LogP contribution < -0.4 is 15.4 Å². The number of rotatable bonds is 6. The average molecular weight is 453 g/mol. The lowest BCUT2D eigenvalue weighted by atomic mass is 9.90. The summed E-state index contributed by atoms with van der Waals surface area (Å²) in [5, 5.41) is 7.52. The fraction of sp³-hybridized carbons (Fsp3) is 0.111. The smallest absolute Gasteiger partial charge is 0.313 e. The van der Waals surface area contributed by atoms with Gasteiger partial charge in [-0.2, -0.15) is 0 Å². The van der Waals surface area contributed by atoms with E-state index < -0.39 is 11.8 Å².